The highest BCUT2D eigenvalue weighted by atomic mass is 32.2. The molecule has 0 aliphatic carbocycles. The Kier molecular flexibility index (Phi) is 4.57. The lowest BCUT2D eigenvalue weighted by Crippen LogP contribution is -2.20. The fourth-order valence-corrected chi connectivity index (χ4v) is 2.63. The number of carbonyl (C=O) groups excluding carboxylic acids is 1. The third-order valence-electron chi connectivity index (χ3n) is 3.06. The van der Waals surface area contributed by atoms with Crippen LogP contribution in [-0.4, -0.2) is 26.8 Å². The van der Waals surface area contributed by atoms with Crippen LogP contribution in [0.25, 0.3) is 0 Å². The summed E-state index contributed by atoms with van der Waals surface area (Å²) in [5.41, 5.74) is 4.96. The van der Waals surface area contributed by atoms with Gasteiger partial charge in [0, 0.05) is 17.5 Å². The van der Waals surface area contributed by atoms with E-state index in [9.17, 15) is 26.4 Å². The molecule has 9 heteroatoms. The number of halogens is 3. The second-order valence-electron chi connectivity index (χ2n) is 4.89. The van der Waals surface area contributed by atoms with Gasteiger partial charge in [-0.15, -0.1) is 13.2 Å². The van der Waals surface area contributed by atoms with Crippen molar-refractivity contribution in [1.29, 1.82) is 0 Å². The van der Waals surface area contributed by atoms with Crippen LogP contribution in [0.1, 0.15) is 15.9 Å². The largest absolute Gasteiger partial charge is 0.573 e. The molecule has 0 spiro atoms. The number of rotatable bonds is 4. The van der Waals surface area contributed by atoms with Crippen molar-refractivity contribution in [2.75, 3.05) is 12.0 Å². The molecule has 2 N–H and O–H groups in total. The van der Waals surface area contributed by atoms with Gasteiger partial charge in [0.25, 0.3) is 0 Å². The molecule has 0 aromatic heterocycles. The van der Waals surface area contributed by atoms with Crippen molar-refractivity contribution in [1.82, 2.24) is 0 Å². The van der Waals surface area contributed by atoms with Gasteiger partial charge in [-0.1, -0.05) is 6.07 Å². The van der Waals surface area contributed by atoms with Crippen LogP contribution in [0, 0.1) is 0 Å². The Morgan fingerprint density at radius 2 is 1.67 bits per heavy atom. The summed E-state index contributed by atoms with van der Waals surface area (Å²) in [5.74, 6) is -1.54. The zero-order valence-corrected chi connectivity index (χ0v) is 13.1. The fourth-order valence-electron chi connectivity index (χ4n) is 2.00. The molecule has 0 heterocycles. The first-order valence-electron chi connectivity index (χ1n) is 6.48. The summed E-state index contributed by atoms with van der Waals surface area (Å²) in [6, 6.07) is 8.23. The molecule has 0 saturated carbocycles. The molecule has 0 bridgehead atoms. The lowest BCUT2D eigenvalue weighted by atomic mass is 10.0. The van der Waals surface area contributed by atoms with E-state index < -0.39 is 33.3 Å². The first kappa shape index (κ1) is 17.8. The van der Waals surface area contributed by atoms with Crippen LogP contribution in [0.3, 0.4) is 0 Å². The number of anilines is 1. The quantitative estimate of drug-likeness (QED) is 0.670. The third-order valence-corrected chi connectivity index (χ3v) is 4.18. The Bertz CT molecular complexity index is 875. The smallest absolute Gasteiger partial charge is 0.405 e. The van der Waals surface area contributed by atoms with Gasteiger partial charge in [0.2, 0.25) is 0 Å². The molecule has 5 nitrogen and oxygen atoms in total. The van der Waals surface area contributed by atoms with Crippen LogP contribution in [0.2, 0.25) is 0 Å². The first-order valence-corrected chi connectivity index (χ1v) is 8.37. The van der Waals surface area contributed by atoms with E-state index in [0.717, 1.165) is 12.3 Å². The highest BCUT2D eigenvalue weighted by Gasteiger charge is 2.33. The molecule has 128 valence electrons. The minimum Gasteiger partial charge on any atom is -0.405 e. The fraction of sp³-hybridized carbons (Fsp3) is 0.133. The van der Waals surface area contributed by atoms with Gasteiger partial charge >= 0.3 is 6.36 Å². The average Bonchev–Trinajstić information content (AvgIpc) is 2.44. The first-order chi connectivity index (χ1) is 11.0. The van der Waals surface area contributed by atoms with Gasteiger partial charge in [-0.25, -0.2) is 8.42 Å². The van der Waals surface area contributed by atoms with E-state index in [4.69, 9.17) is 5.73 Å². The number of hydrogen-bond donors (Lipinski definition) is 1. The molecule has 2 aromatic rings. The summed E-state index contributed by atoms with van der Waals surface area (Å²) in [4.78, 5) is 12.4. The summed E-state index contributed by atoms with van der Waals surface area (Å²) < 4.78 is 64.0. The number of sulfone groups is 1. The van der Waals surface area contributed by atoms with Crippen molar-refractivity contribution >= 4 is 21.3 Å². The Morgan fingerprint density at radius 1 is 1.08 bits per heavy atom. The van der Waals surface area contributed by atoms with Crippen LogP contribution in [0.15, 0.2) is 47.4 Å². The number of nitrogens with two attached hydrogens (primary N) is 1. The van der Waals surface area contributed by atoms with Crippen LogP contribution < -0.4 is 10.5 Å². The van der Waals surface area contributed by atoms with Gasteiger partial charge < -0.3 is 10.5 Å². The number of carbonyl (C=O) groups is 1. The van der Waals surface area contributed by atoms with Gasteiger partial charge in [-0.3, -0.25) is 4.79 Å². The predicted octanol–water partition coefficient (Wildman–Crippen LogP) is 2.80. The zero-order valence-electron chi connectivity index (χ0n) is 12.3. The summed E-state index contributed by atoms with van der Waals surface area (Å²) in [5, 5.41) is 0. The lowest BCUT2D eigenvalue weighted by molar-refractivity contribution is -0.274. The van der Waals surface area contributed by atoms with E-state index in [0.29, 0.717) is 0 Å². The monoisotopic (exact) mass is 359 g/mol. The molecule has 0 aliphatic rings. The third kappa shape index (κ3) is 4.05. The molecule has 0 saturated heterocycles. The molecule has 0 fully saturated rings. The predicted molar refractivity (Wildman–Crippen MR) is 80.5 cm³/mol. The SMILES string of the molecule is CS(=O)(=O)c1ccc(C(=O)c2c(N)cccc2OC(F)(F)F)cc1. The molecule has 2 aromatic carbocycles. The Labute approximate surface area is 135 Å². The molecule has 0 amide bonds. The highest BCUT2D eigenvalue weighted by Crippen LogP contribution is 2.31. The average molecular weight is 359 g/mol. The van der Waals surface area contributed by atoms with Crippen LogP contribution in [-0.2, 0) is 9.84 Å². The van der Waals surface area contributed by atoms with Gasteiger partial charge in [-0.05, 0) is 36.4 Å². The molecular weight excluding hydrogens is 347 g/mol. The van der Waals surface area contributed by atoms with E-state index in [1.54, 1.807) is 0 Å². The highest BCUT2D eigenvalue weighted by molar-refractivity contribution is 7.90. The molecule has 0 atom stereocenters. The van der Waals surface area contributed by atoms with Gasteiger partial charge in [0.05, 0.1) is 10.5 Å². The summed E-state index contributed by atoms with van der Waals surface area (Å²) in [6.07, 6.45) is -3.99. The molecule has 2 rings (SSSR count). The van der Waals surface area contributed by atoms with Gasteiger partial charge in [0.15, 0.2) is 15.6 Å². The summed E-state index contributed by atoms with van der Waals surface area (Å²) in [7, 11) is -3.46. The summed E-state index contributed by atoms with van der Waals surface area (Å²) in [6.45, 7) is 0. The van der Waals surface area contributed by atoms with E-state index in [2.05, 4.69) is 4.74 Å². The molecule has 0 unspecified atom stereocenters. The normalized spacial score (nSPS) is 12.0. The van der Waals surface area contributed by atoms with Crippen molar-refractivity contribution in [3.8, 4) is 5.75 Å². The molecule has 24 heavy (non-hydrogen) atoms. The molecular formula is C15H12F3NO4S. The topological polar surface area (TPSA) is 86.5 Å². The van der Waals surface area contributed by atoms with Crippen molar-refractivity contribution in [3.05, 3.63) is 53.6 Å². The number of hydrogen-bond acceptors (Lipinski definition) is 5. The van der Waals surface area contributed by atoms with Gasteiger partial charge in [-0.2, -0.15) is 0 Å². The minimum atomic E-state index is -4.98. The van der Waals surface area contributed by atoms with Crippen molar-refractivity contribution in [2.24, 2.45) is 0 Å². The standard InChI is InChI=1S/C15H12F3NO4S/c1-24(21,22)10-7-5-9(6-8-10)14(20)13-11(19)3-2-4-12(13)23-15(16,17)18/h2-8H,19H2,1H3. The van der Waals surface area contributed by atoms with Crippen molar-refractivity contribution in [3.63, 3.8) is 0 Å². The van der Waals surface area contributed by atoms with Crippen molar-refractivity contribution < 1.29 is 31.1 Å². The maximum Gasteiger partial charge on any atom is 0.573 e. The summed E-state index contributed by atoms with van der Waals surface area (Å²) >= 11 is 0. The molecule has 0 aliphatic heterocycles. The molecule has 0 radical (unpaired) electrons. The minimum absolute atomic E-state index is 0.0210. The number of ether oxygens (including phenoxy) is 1. The van der Waals surface area contributed by atoms with E-state index in [1.807, 2.05) is 0 Å². The van der Waals surface area contributed by atoms with E-state index in [-0.39, 0.29) is 16.1 Å². The van der Waals surface area contributed by atoms with Crippen LogP contribution >= 0.6 is 0 Å². The second-order valence-corrected chi connectivity index (χ2v) is 6.91. The van der Waals surface area contributed by atoms with E-state index in [1.165, 1.54) is 36.4 Å². The van der Waals surface area contributed by atoms with Gasteiger partial charge in [0.1, 0.15) is 5.75 Å². The maximum atomic E-state index is 12.5. The Hall–Kier alpha value is -2.55. The lowest BCUT2D eigenvalue weighted by Gasteiger charge is -2.14. The zero-order chi connectivity index (χ0) is 18.1. The Morgan fingerprint density at radius 3 is 2.17 bits per heavy atom. The maximum absolute atomic E-state index is 12.5. The second kappa shape index (κ2) is 6.16. The van der Waals surface area contributed by atoms with Crippen molar-refractivity contribution in [2.45, 2.75) is 11.3 Å². The van der Waals surface area contributed by atoms with Crippen LogP contribution in [0.5, 0.6) is 5.75 Å². The number of alkyl halides is 3. The number of ketones is 1. The van der Waals surface area contributed by atoms with Crippen LogP contribution in [0.4, 0.5) is 18.9 Å². The Balaban J connectivity index is 2.46. The number of nitrogen functional groups attached to an aromatic ring is 1. The van der Waals surface area contributed by atoms with E-state index >= 15 is 0 Å². The number of benzene rings is 2.